The smallest absolute Gasteiger partial charge is 0.129 e. The number of hydrogen-bond donors (Lipinski definition) is 0. The lowest BCUT2D eigenvalue weighted by atomic mass is 10.2. The fourth-order valence-corrected chi connectivity index (χ4v) is 2.80. The van der Waals surface area contributed by atoms with Crippen molar-refractivity contribution in [3.05, 3.63) is 41.0 Å². The third kappa shape index (κ3) is 1.56. The first-order valence-corrected chi connectivity index (χ1v) is 6.39. The first-order chi connectivity index (χ1) is 7.86. The number of nitrogens with zero attached hydrogens (tertiary/aromatic N) is 3. The molecule has 2 heterocycles. The number of anilines is 1. The molecule has 1 aliphatic rings. The van der Waals surface area contributed by atoms with Gasteiger partial charge in [-0.2, -0.15) is 8.75 Å². The van der Waals surface area contributed by atoms with Gasteiger partial charge in [0.1, 0.15) is 11.0 Å². The van der Waals surface area contributed by atoms with Gasteiger partial charge in [-0.1, -0.05) is 12.2 Å². The van der Waals surface area contributed by atoms with Crippen molar-refractivity contribution in [3.8, 4) is 0 Å². The summed E-state index contributed by atoms with van der Waals surface area (Å²) in [4.78, 5) is 2.16. The van der Waals surface area contributed by atoms with E-state index in [1.165, 1.54) is 11.7 Å². The van der Waals surface area contributed by atoms with E-state index in [0.29, 0.717) is 0 Å². The molecule has 0 spiro atoms. The summed E-state index contributed by atoms with van der Waals surface area (Å²) in [6.07, 6.45) is 8.25. The van der Waals surface area contributed by atoms with Gasteiger partial charge in [0.2, 0.25) is 0 Å². The predicted molar refractivity (Wildman–Crippen MR) is 70.7 cm³/mol. The number of halogens is 1. The zero-order valence-electron chi connectivity index (χ0n) is 8.30. The maximum atomic E-state index is 4.36. The van der Waals surface area contributed by atoms with Crippen LogP contribution in [0.3, 0.4) is 0 Å². The highest BCUT2D eigenvalue weighted by Crippen LogP contribution is 2.31. The molecule has 0 bridgehead atoms. The van der Waals surface area contributed by atoms with Crippen LogP contribution in [0.15, 0.2) is 41.0 Å². The van der Waals surface area contributed by atoms with E-state index in [2.05, 4.69) is 47.9 Å². The van der Waals surface area contributed by atoms with Crippen LogP contribution >= 0.6 is 27.7 Å². The summed E-state index contributed by atoms with van der Waals surface area (Å²) in [5, 5.41) is 0. The quantitative estimate of drug-likeness (QED) is 0.807. The number of benzene rings is 1. The van der Waals surface area contributed by atoms with Crippen molar-refractivity contribution >= 4 is 44.4 Å². The van der Waals surface area contributed by atoms with Gasteiger partial charge in [0.05, 0.1) is 17.4 Å². The minimum atomic E-state index is 0.880. The monoisotopic (exact) mass is 293 g/mol. The Morgan fingerprint density at radius 3 is 2.88 bits per heavy atom. The van der Waals surface area contributed by atoms with Gasteiger partial charge in [0.15, 0.2) is 0 Å². The molecular weight excluding hydrogens is 286 g/mol. The van der Waals surface area contributed by atoms with Gasteiger partial charge in [-0.15, -0.1) is 0 Å². The SMILES string of the molecule is Brc1ccc(N2C=CC=CC2)c2nsnc12. The number of hydrogen-bond acceptors (Lipinski definition) is 4. The maximum absolute atomic E-state index is 4.36. The van der Waals surface area contributed by atoms with Gasteiger partial charge >= 0.3 is 0 Å². The third-order valence-electron chi connectivity index (χ3n) is 2.47. The van der Waals surface area contributed by atoms with Crippen molar-refractivity contribution in [3.63, 3.8) is 0 Å². The molecule has 0 unspecified atom stereocenters. The second kappa shape index (κ2) is 3.99. The maximum Gasteiger partial charge on any atom is 0.129 e. The second-order valence-corrected chi connectivity index (χ2v) is 4.83. The molecule has 2 aromatic rings. The Labute approximate surface area is 106 Å². The first kappa shape index (κ1) is 9.99. The van der Waals surface area contributed by atoms with Crippen molar-refractivity contribution in [2.45, 2.75) is 0 Å². The van der Waals surface area contributed by atoms with Gasteiger partial charge in [0, 0.05) is 17.2 Å². The van der Waals surface area contributed by atoms with Crippen LogP contribution < -0.4 is 4.90 Å². The van der Waals surface area contributed by atoms with E-state index in [1.807, 2.05) is 18.2 Å². The lowest BCUT2D eigenvalue weighted by Crippen LogP contribution is -2.17. The summed E-state index contributed by atoms with van der Waals surface area (Å²) in [5.41, 5.74) is 3.00. The fraction of sp³-hybridized carbons (Fsp3) is 0.0909. The Balaban J connectivity index is 2.17. The molecule has 1 aliphatic heterocycles. The van der Waals surface area contributed by atoms with Crippen LogP contribution in [0.5, 0.6) is 0 Å². The van der Waals surface area contributed by atoms with E-state index in [0.717, 1.165) is 27.7 Å². The van der Waals surface area contributed by atoms with E-state index in [9.17, 15) is 0 Å². The normalized spacial score (nSPS) is 14.9. The zero-order valence-corrected chi connectivity index (χ0v) is 10.7. The standard InChI is InChI=1S/C11H8BrN3S/c12-8-4-5-9(11-10(8)13-16-14-11)15-6-2-1-3-7-15/h1-6H,7H2. The molecule has 80 valence electrons. The number of allylic oxidation sites excluding steroid dienone is 2. The van der Waals surface area contributed by atoms with Crippen LogP contribution in [0.1, 0.15) is 0 Å². The molecule has 3 rings (SSSR count). The minimum absolute atomic E-state index is 0.880. The Kier molecular flexibility index (Phi) is 2.49. The van der Waals surface area contributed by atoms with Gasteiger partial charge < -0.3 is 4.90 Å². The molecule has 5 heteroatoms. The van der Waals surface area contributed by atoms with Crippen LogP contribution in [0.25, 0.3) is 11.0 Å². The summed E-state index contributed by atoms with van der Waals surface area (Å²) in [7, 11) is 0. The second-order valence-electron chi connectivity index (χ2n) is 3.45. The summed E-state index contributed by atoms with van der Waals surface area (Å²) in [5.74, 6) is 0. The minimum Gasteiger partial charge on any atom is -0.342 e. The third-order valence-corrected chi connectivity index (χ3v) is 3.64. The molecule has 0 amide bonds. The van der Waals surface area contributed by atoms with E-state index in [-0.39, 0.29) is 0 Å². The van der Waals surface area contributed by atoms with E-state index in [1.54, 1.807) is 0 Å². The number of fused-ring (bicyclic) bond motifs is 1. The lowest BCUT2D eigenvalue weighted by molar-refractivity contribution is 1.08. The highest BCUT2D eigenvalue weighted by atomic mass is 79.9. The van der Waals surface area contributed by atoms with Gasteiger partial charge in [-0.05, 0) is 34.1 Å². The molecule has 1 aromatic heterocycles. The van der Waals surface area contributed by atoms with Crippen molar-refractivity contribution in [2.24, 2.45) is 0 Å². The molecule has 0 radical (unpaired) electrons. The summed E-state index contributed by atoms with van der Waals surface area (Å²) < 4.78 is 9.64. The number of rotatable bonds is 1. The predicted octanol–water partition coefficient (Wildman–Crippen LogP) is 3.34. The Morgan fingerprint density at radius 1 is 1.19 bits per heavy atom. The van der Waals surface area contributed by atoms with Gasteiger partial charge in [0.25, 0.3) is 0 Å². The van der Waals surface area contributed by atoms with Gasteiger partial charge in [-0.3, -0.25) is 0 Å². The fourth-order valence-electron chi connectivity index (χ4n) is 1.70. The molecule has 0 saturated carbocycles. The summed E-state index contributed by atoms with van der Waals surface area (Å²) >= 11 is 4.73. The summed E-state index contributed by atoms with van der Waals surface area (Å²) in [6.45, 7) is 0.880. The zero-order chi connectivity index (χ0) is 11.0. The number of aromatic nitrogens is 2. The highest BCUT2D eigenvalue weighted by molar-refractivity contribution is 9.10. The summed E-state index contributed by atoms with van der Waals surface area (Å²) in [6, 6.07) is 4.09. The van der Waals surface area contributed by atoms with E-state index >= 15 is 0 Å². The van der Waals surface area contributed by atoms with Gasteiger partial charge in [-0.25, -0.2) is 0 Å². The van der Waals surface area contributed by atoms with Crippen LogP contribution in [0.4, 0.5) is 5.69 Å². The van der Waals surface area contributed by atoms with Crippen molar-refractivity contribution in [2.75, 3.05) is 11.4 Å². The van der Waals surface area contributed by atoms with Crippen LogP contribution in [-0.4, -0.2) is 15.3 Å². The topological polar surface area (TPSA) is 29.0 Å². The average molecular weight is 294 g/mol. The van der Waals surface area contributed by atoms with Crippen LogP contribution in [-0.2, 0) is 0 Å². The molecule has 16 heavy (non-hydrogen) atoms. The Bertz CT molecular complexity index is 588. The van der Waals surface area contributed by atoms with Crippen LogP contribution in [0, 0.1) is 0 Å². The van der Waals surface area contributed by atoms with Crippen molar-refractivity contribution in [1.82, 2.24) is 8.75 Å². The van der Waals surface area contributed by atoms with Crippen molar-refractivity contribution < 1.29 is 0 Å². The molecule has 3 nitrogen and oxygen atoms in total. The van der Waals surface area contributed by atoms with E-state index < -0.39 is 0 Å². The van der Waals surface area contributed by atoms with E-state index in [4.69, 9.17) is 0 Å². The lowest BCUT2D eigenvalue weighted by Gasteiger charge is -2.20. The molecule has 0 atom stereocenters. The average Bonchev–Trinajstić information content (AvgIpc) is 2.81. The molecule has 0 saturated heterocycles. The molecule has 1 aromatic carbocycles. The molecule has 0 aliphatic carbocycles. The largest absolute Gasteiger partial charge is 0.342 e. The van der Waals surface area contributed by atoms with Crippen molar-refractivity contribution in [1.29, 1.82) is 0 Å². The molecule has 0 fully saturated rings. The Morgan fingerprint density at radius 2 is 2.06 bits per heavy atom. The van der Waals surface area contributed by atoms with Crippen LogP contribution in [0.2, 0.25) is 0 Å². The Hall–Kier alpha value is -1.20. The highest BCUT2D eigenvalue weighted by Gasteiger charge is 2.13. The molecular formula is C11H8BrN3S. The first-order valence-electron chi connectivity index (χ1n) is 4.87. The molecule has 0 N–H and O–H groups in total.